The molecule has 0 rings (SSSR count). The van der Waals surface area contributed by atoms with Gasteiger partial charge in [-0.25, -0.2) is 0 Å². The summed E-state index contributed by atoms with van der Waals surface area (Å²) >= 11 is 0.301. The molecule has 0 aromatic heterocycles. The van der Waals surface area contributed by atoms with Gasteiger partial charge in [0.1, 0.15) is 0 Å². The maximum absolute atomic E-state index is 9.44. The molecule has 0 spiro atoms. The topological polar surface area (TPSA) is 29.4 Å². The average Bonchev–Trinajstić information content (AvgIpc) is 1.61. The first-order valence-corrected chi connectivity index (χ1v) is 2.57. The first-order valence-electron chi connectivity index (χ1n) is 1.87. The minimum atomic E-state index is 0.301. The van der Waals surface area contributed by atoms with E-state index < -0.39 is 0 Å². The summed E-state index contributed by atoms with van der Waals surface area (Å²) in [6.45, 7) is 2.67. The minimum absolute atomic E-state index is 0.301. The molecule has 0 aromatic carbocycles. The van der Waals surface area contributed by atoms with Crippen LogP contribution >= 0.6 is 0 Å². The average molecular weight is 105 g/mol. The Morgan fingerprint density at radius 1 is 1.83 bits per heavy atom. The zero-order valence-corrected chi connectivity index (χ0v) is 4.49. The van der Waals surface area contributed by atoms with E-state index in [2.05, 4.69) is 4.36 Å². The van der Waals surface area contributed by atoms with Crippen LogP contribution < -0.4 is 0 Å². The predicted molar refractivity (Wildman–Crippen MR) is 25.7 cm³/mol. The van der Waals surface area contributed by atoms with Gasteiger partial charge in [0, 0.05) is 0 Å². The van der Waals surface area contributed by atoms with Gasteiger partial charge in [0.15, 0.2) is 11.5 Å². The van der Waals surface area contributed by atoms with Crippen LogP contribution in [0.15, 0.2) is 4.36 Å². The van der Waals surface area contributed by atoms with Crippen LogP contribution in [0.4, 0.5) is 0 Å². The lowest BCUT2D eigenvalue weighted by molar-refractivity contribution is 0.696. The van der Waals surface area contributed by atoms with Gasteiger partial charge in [-0.05, 0) is 6.42 Å². The third-order valence-electron chi connectivity index (χ3n) is 0.368. The normalized spacial score (nSPS) is 7.50. The summed E-state index contributed by atoms with van der Waals surface area (Å²) < 4.78 is 12.9. The van der Waals surface area contributed by atoms with Crippen LogP contribution in [0.2, 0.25) is 0 Å². The zero-order valence-electron chi connectivity index (χ0n) is 3.68. The highest BCUT2D eigenvalue weighted by atomic mass is 32.1. The molecule has 0 aromatic rings. The number of rotatable bonds is 2. The van der Waals surface area contributed by atoms with E-state index in [1.165, 1.54) is 0 Å². The summed E-state index contributed by atoms with van der Waals surface area (Å²) in [7, 11) is 0. The molecule has 0 aliphatic rings. The molecule has 0 aliphatic heterocycles. The fourth-order valence-corrected chi connectivity index (χ4v) is 0.386. The van der Waals surface area contributed by atoms with Crippen LogP contribution in [0.5, 0.6) is 0 Å². The smallest absolute Gasteiger partial charge is 0.194 e. The molecule has 0 radical (unpaired) electrons. The van der Waals surface area contributed by atoms with Crippen LogP contribution in [-0.2, 0) is 11.5 Å². The van der Waals surface area contributed by atoms with E-state index in [-0.39, 0.29) is 0 Å². The van der Waals surface area contributed by atoms with E-state index in [0.29, 0.717) is 18.0 Å². The summed E-state index contributed by atoms with van der Waals surface area (Å²) in [5.41, 5.74) is 0. The van der Waals surface area contributed by atoms with Crippen molar-refractivity contribution in [3.05, 3.63) is 0 Å². The second-order valence-corrected chi connectivity index (χ2v) is 1.33. The molecule has 0 bridgehead atoms. The van der Waals surface area contributed by atoms with Crippen LogP contribution in [0.1, 0.15) is 13.3 Å². The highest BCUT2D eigenvalue weighted by Gasteiger charge is 1.66. The van der Waals surface area contributed by atoms with Crippen molar-refractivity contribution < 1.29 is 4.21 Å². The zero-order chi connectivity index (χ0) is 4.83. The van der Waals surface area contributed by atoms with Crippen molar-refractivity contribution in [3.8, 4) is 0 Å². The minimum Gasteiger partial charge on any atom is -0.194 e. The van der Waals surface area contributed by atoms with Gasteiger partial charge in [0.2, 0.25) is 0 Å². The van der Waals surface area contributed by atoms with Crippen molar-refractivity contribution in [2.24, 2.45) is 4.36 Å². The summed E-state index contributed by atoms with van der Waals surface area (Å²) in [4.78, 5) is 0. The number of hydrogen-bond donors (Lipinski definition) is 0. The Hall–Kier alpha value is -0.180. The SMILES string of the molecule is CCCN=S=O. The lowest BCUT2D eigenvalue weighted by atomic mass is 10.5. The first kappa shape index (κ1) is 5.82. The van der Waals surface area contributed by atoms with Gasteiger partial charge >= 0.3 is 0 Å². The van der Waals surface area contributed by atoms with E-state index in [0.717, 1.165) is 6.42 Å². The standard InChI is InChI=1S/C3H7NOS/c1-2-3-4-6-5/h2-3H2,1H3. The molecule has 0 aliphatic carbocycles. The van der Waals surface area contributed by atoms with Gasteiger partial charge in [-0.15, -0.1) is 0 Å². The lowest BCUT2D eigenvalue weighted by Crippen LogP contribution is -1.67. The van der Waals surface area contributed by atoms with Gasteiger partial charge < -0.3 is 0 Å². The Morgan fingerprint density at radius 3 is 2.67 bits per heavy atom. The predicted octanol–water partition coefficient (Wildman–Crippen LogP) is 0.793. The van der Waals surface area contributed by atoms with Crippen molar-refractivity contribution in [2.75, 3.05) is 6.54 Å². The molecule has 0 N–H and O–H groups in total. The second kappa shape index (κ2) is 4.82. The highest BCUT2D eigenvalue weighted by molar-refractivity contribution is 7.54. The lowest BCUT2D eigenvalue weighted by Gasteiger charge is -1.71. The monoisotopic (exact) mass is 105 g/mol. The molecule has 0 amide bonds. The molecular formula is C3H7NOS. The van der Waals surface area contributed by atoms with Gasteiger partial charge in [-0.1, -0.05) is 6.92 Å². The molecule has 36 valence electrons. The number of nitrogens with zero attached hydrogens (tertiary/aromatic N) is 1. The molecule has 0 heterocycles. The second-order valence-electron chi connectivity index (χ2n) is 0.927. The van der Waals surface area contributed by atoms with E-state index >= 15 is 0 Å². The van der Waals surface area contributed by atoms with Crippen LogP contribution in [0.25, 0.3) is 0 Å². The van der Waals surface area contributed by atoms with Gasteiger partial charge in [0.05, 0.1) is 6.54 Å². The van der Waals surface area contributed by atoms with E-state index in [4.69, 9.17) is 0 Å². The van der Waals surface area contributed by atoms with Gasteiger partial charge in [0.25, 0.3) is 0 Å². The quantitative estimate of drug-likeness (QED) is 0.510. The Labute approximate surface area is 40.8 Å². The third kappa shape index (κ3) is 3.82. The summed E-state index contributed by atoms with van der Waals surface area (Å²) in [5, 5.41) is 0. The summed E-state index contributed by atoms with van der Waals surface area (Å²) in [6, 6.07) is 0. The molecule has 0 saturated carbocycles. The fraction of sp³-hybridized carbons (Fsp3) is 1.00. The third-order valence-corrected chi connectivity index (χ3v) is 0.656. The molecule has 6 heavy (non-hydrogen) atoms. The first-order chi connectivity index (χ1) is 2.91. The van der Waals surface area contributed by atoms with E-state index in [1.54, 1.807) is 0 Å². The summed E-state index contributed by atoms with van der Waals surface area (Å²) in [6.07, 6.45) is 0.968. The molecule has 0 fully saturated rings. The molecular weight excluding hydrogens is 98.1 g/mol. The van der Waals surface area contributed by atoms with Crippen molar-refractivity contribution in [3.63, 3.8) is 0 Å². The molecule has 3 heteroatoms. The van der Waals surface area contributed by atoms with Crippen molar-refractivity contribution in [2.45, 2.75) is 13.3 Å². The molecule has 0 atom stereocenters. The van der Waals surface area contributed by atoms with Crippen LogP contribution in [0.3, 0.4) is 0 Å². The largest absolute Gasteiger partial charge is 0.199 e. The van der Waals surface area contributed by atoms with Crippen molar-refractivity contribution >= 4 is 11.5 Å². The van der Waals surface area contributed by atoms with Crippen LogP contribution in [0, 0.1) is 0 Å². The van der Waals surface area contributed by atoms with E-state index in [9.17, 15) is 4.21 Å². The Balaban J connectivity index is 2.86. The molecule has 0 saturated heterocycles. The summed E-state index contributed by atoms with van der Waals surface area (Å²) in [5.74, 6) is 0. The van der Waals surface area contributed by atoms with Crippen LogP contribution in [-0.4, -0.2) is 10.8 Å². The fourth-order valence-electron chi connectivity index (χ4n) is 0.129. The molecule has 2 nitrogen and oxygen atoms in total. The van der Waals surface area contributed by atoms with E-state index in [1.807, 2.05) is 6.92 Å². The Morgan fingerprint density at radius 2 is 2.50 bits per heavy atom. The maximum atomic E-state index is 9.44. The maximum Gasteiger partial charge on any atom is 0.199 e. The van der Waals surface area contributed by atoms with Gasteiger partial charge in [-0.2, -0.15) is 8.57 Å². The Bertz CT molecular complexity index is 67.2. The Kier molecular flexibility index (Phi) is 4.68. The van der Waals surface area contributed by atoms with Crippen molar-refractivity contribution in [1.29, 1.82) is 0 Å². The highest BCUT2D eigenvalue weighted by Crippen LogP contribution is 1.71. The van der Waals surface area contributed by atoms with Crippen molar-refractivity contribution in [1.82, 2.24) is 0 Å². The van der Waals surface area contributed by atoms with Gasteiger partial charge in [-0.3, -0.25) is 0 Å². The number of hydrogen-bond acceptors (Lipinski definition) is 2. The molecule has 0 unspecified atom stereocenters.